The Hall–Kier alpha value is -0.0756. The van der Waals surface area contributed by atoms with E-state index in [0.29, 0.717) is 0 Å². The summed E-state index contributed by atoms with van der Waals surface area (Å²) in [6, 6.07) is 8.18. The van der Waals surface area contributed by atoms with Crippen molar-refractivity contribution < 1.29 is 44.7 Å². The molecule has 0 saturated carbocycles. The molecule has 0 spiro atoms. The van der Waals surface area contributed by atoms with Crippen molar-refractivity contribution in [2.75, 3.05) is 0 Å². The maximum absolute atomic E-state index is 11.0. The Labute approximate surface area is 103 Å². The minimum atomic E-state index is -0.808. The molecule has 0 amide bonds. The van der Waals surface area contributed by atoms with Crippen molar-refractivity contribution in [1.82, 2.24) is 0 Å². The van der Waals surface area contributed by atoms with Crippen LogP contribution in [0.3, 0.4) is 0 Å². The van der Waals surface area contributed by atoms with E-state index in [1.165, 1.54) is 16.7 Å². The van der Waals surface area contributed by atoms with Gasteiger partial charge in [0.1, 0.15) is 0 Å². The summed E-state index contributed by atoms with van der Waals surface area (Å²) >= 11 is -0.808. The molecular formula is C10H9Cl2OV. The fraction of sp³-hybridized carbons (Fsp3) is 0.200. The van der Waals surface area contributed by atoms with Gasteiger partial charge in [-0.2, -0.15) is 0 Å². The predicted molar refractivity (Wildman–Crippen MR) is 43.5 cm³/mol. The van der Waals surface area contributed by atoms with Crippen molar-refractivity contribution in [3.05, 3.63) is 41.0 Å². The SMILES string of the molecule is CC1=Cc2ccccc2[CH]1[V+2]=[O].[Cl-].[Cl-]. The van der Waals surface area contributed by atoms with E-state index in [2.05, 4.69) is 25.1 Å². The van der Waals surface area contributed by atoms with Crippen LogP contribution in [0.4, 0.5) is 0 Å². The molecule has 1 unspecified atom stereocenters. The summed E-state index contributed by atoms with van der Waals surface area (Å²) in [5.74, 6) is 0. The molecule has 0 aromatic heterocycles. The third kappa shape index (κ3) is 2.29. The molecule has 74 valence electrons. The zero-order valence-corrected chi connectivity index (χ0v) is 10.5. The predicted octanol–water partition coefficient (Wildman–Crippen LogP) is -3.42. The van der Waals surface area contributed by atoms with Crippen LogP contribution in [0.2, 0.25) is 0 Å². The minimum Gasteiger partial charge on any atom is -1.00 e. The molecule has 0 bridgehead atoms. The Morgan fingerprint density at radius 3 is 2.50 bits per heavy atom. The van der Waals surface area contributed by atoms with Gasteiger partial charge in [0.25, 0.3) is 0 Å². The molecule has 0 heterocycles. The van der Waals surface area contributed by atoms with Crippen LogP contribution in [0, 0.1) is 0 Å². The second-order valence-electron chi connectivity index (χ2n) is 3.03. The Balaban J connectivity index is 0.000000845. The van der Waals surface area contributed by atoms with Crippen molar-refractivity contribution in [1.29, 1.82) is 0 Å². The fourth-order valence-corrected chi connectivity index (χ4v) is 2.52. The van der Waals surface area contributed by atoms with E-state index in [-0.39, 0.29) is 29.4 Å². The summed E-state index contributed by atoms with van der Waals surface area (Å²) in [7, 11) is 0. The first-order chi connectivity index (χ1) is 5.83. The van der Waals surface area contributed by atoms with Gasteiger partial charge in [0.05, 0.1) is 0 Å². The van der Waals surface area contributed by atoms with Gasteiger partial charge in [0.15, 0.2) is 0 Å². The van der Waals surface area contributed by atoms with Crippen LogP contribution in [-0.4, -0.2) is 0 Å². The molecule has 1 atom stereocenters. The molecule has 0 radical (unpaired) electrons. The van der Waals surface area contributed by atoms with Crippen molar-refractivity contribution in [2.45, 2.75) is 11.6 Å². The first-order valence-electron chi connectivity index (χ1n) is 3.92. The molecule has 4 heteroatoms. The number of rotatable bonds is 1. The summed E-state index contributed by atoms with van der Waals surface area (Å²) in [5, 5.41) is 0. The van der Waals surface area contributed by atoms with Crippen LogP contribution in [0.5, 0.6) is 0 Å². The molecule has 0 fully saturated rings. The Morgan fingerprint density at radius 2 is 1.86 bits per heavy atom. The number of hydrogen-bond donors (Lipinski definition) is 0. The van der Waals surface area contributed by atoms with Crippen LogP contribution in [0.25, 0.3) is 6.08 Å². The zero-order chi connectivity index (χ0) is 8.55. The third-order valence-electron chi connectivity index (χ3n) is 2.21. The topological polar surface area (TPSA) is 17.1 Å². The maximum Gasteiger partial charge on any atom is -1.00 e. The summed E-state index contributed by atoms with van der Waals surface area (Å²) in [4.78, 5) is 0. The van der Waals surface area contributed by atoms with Crippen molar-refractivity contribution in [3.63, 3.8) is 0 Å². The Bertz CT molecular complexity index is 363. The van der Waals surface area contributed by atoms with Crippen LogP contribution >= 0.6 is 0 Å². The molecule has 1 aliphatic rings. The van der Waals surface area contributed by atoms with E-state index in [4.69, 9.17) is 0 Å². The van der Waals surface area contributed by atoms with E-state index >= 15 is 0 Å². The van der Waals surface area contributed by atoms with Crippen molar-refractivity contribution in [3.8, 4) is 0 Å². The summed E-state index contributed by atoms with van der Waals surface area (Å²) < 4.78 is 11.2. The van der Waals surface area contributed by atoms with Crippen molar-refractivity contribution in [2.24, 2.45) is 0 Å². The number of benzene rings is 1. The van der Waals surface area contributed by atoms with Gasteiger partial charge in [-0.05, 0) is 0 Å². The molecule has 1 aliphatic carbocycles. The largest absolute Gasteiger partial charge is 1.00 e. The molecular weight excluding hydrogens is 258 g/mol. The van der Waals surface area contributed by atoms with E-state index in [0.717, 1.165) is 0 Å². The zero-order valence-electron chi connectivity index (χ0n) is 7.58. The van der Waals surface area contributed by atoms with Gasteiger partial charge in [0.2, 0.25) is 0 Å². The Kier molecular flexibility index (Phi) is 5.69. The average Bonchev–Trinajstić information content (AvgIpc) is 2.40. The number of allylic oxidation sites excluding steroid dienone is 1. The van der Waals surface area contributed by atoms with Crippen LogP contribution in [0.15, 0.2) is 29.8 Å². The van der Waals surface area contributed by atoms with Gasteiger partial charge in [-0.1, -0.05) is 0 Å². The monoisotopic (exact) mass is 266 g/mol. The van der Waals surface area contributed by atoms with E-state index in [9.17, 15) is 3.67 Å². The molecule has 0 aliphatic heterocycles. The van der Waals surface area contributed by atoms with Gasteiger partial charge >= 0.3 is 78.5 Å². The quantitative estimate of drug-likeness (QED) is 0.518. The second kappa shape index (κ2) is 5.72. The third-order valence-corrected chi connectivity index (χ3v) is 3.61. The molecule has 1 aromatic rings. The van der Waals surface area contributed by atoms with Crippen molar-refractivity contribution >= 4 is 6.08 Å². The molecule has 14 heavy (non-hydrogen) atoms. The van der Waals surface area contributed by atoms with Gasteiger partial charge in [-0.3, -0.25) is 0 Å². The average molecular weight is 267 g/mol. The molecule has 0 saturated heterocycles. The smallest absolute Gasteiger partial charge is 1.00 e. The van der Waals surface area contributed by atoms with Gasteiger partial charge in [0, 0.05) is 0 Å². The summed E-state index contributed by atoms with van der Waals surface area (Å²) in [5.41, 5.74) is 3.72. The fourth-order valence-electron chi connectivity index (χ4n) is 1.60. The molecule has 2 rings (SSSR count). The van der Waals surface area contributed by atoms with Gasteiger partial charge < -0.3 is 24.8 Å². The molecule has 0 N–H and O–H groups in total. The number of fused-ring (bicyclic) bond motifs is 1. The summed E-state index contributed by atoms with van der Waals surface area (Å²) in [6.45, 7) is 2.05. The maximum atomic E-state index is 11.0. The van der Waals surface area contributed by atoms with Gasteiger partial charge in [-0.25, -0.2) is 0 Å². The van der Waals surface area contributed by atoms with Crippen LogP contribution in [-0.2, 0) is 19.9 Å². The summed E-state index contributed by atoms with van der Waals surface area (Å²) in [6.07, 6.45) is 2.13. The molecule has 1 aromatic carbocycles. The first-order valence-corrected chi connectivity index (χ1v) is 5.30. The second-order valence-corrected chi connectivity index (χ2v) is 4.16. The number of halogens is 2. The van der Waals surface area contributed by atoms with E-state index in [1.54, 1.807) is 0 Å². The van der Waals surface area contributed by atoms with E-state index < -0.39 is 16.2 Å². The normalized spacial score (nSPS) is 16.9. The van der Waals surface area contributed by atoms with Crippen LogP contribution in [0.1, 0.15) is 22.7 Å². The Morgan fingerprint density at radius 1 is 1.21 bits per heavy atom. The standard InChI is InChI=1S/C10H9.2ClH.O.V/c1-8-6-9-4-2-3-5-10(9)7-8;;;;/h2-7H,1H3;2*1H;;/q;;;;+2/p-2. The van der Waals surface area contributed by atoms with E-state index in [1.807, 2.05) is 12.1 Å². The minimum absolute atomic E-state index is 0. The van der Waals surface area contributed by atoms with Crippen LogP contribution < -0.4 is 24.8 Å². The molecule has 1 nitrogen and oxygen atoms in total. The number of hydrogen-bond acceptors (Lipinski definition) is 1. The van der Waals surface area contributed by atoms with Gasteiger partial charge in [-0.15, -0.1) is 0 Å². The first kappa shape index (κ1) is 13.9.